The lowest BCUT2D eigenvalue weighted by atomic mass is 9.80. The van der Waals surface area contributed by atoms with Crippen LogP contribution in [0, 0.1) is 11.6 Å². The summed E-state index contributed by atoms with van der Waals surface area (Å²) in [5.74, 6) is -1.59. The molecule has 3 aromatic heterocycles. The first-order chi connectivity index (χ1) is 16.2. The molecule has 0 saturated carbocycles. The molecule has 4 rings (SSSR count). The van der Waals surface area contributed by atoms with Crippen molar-refractivity contribution in [3.63, 3.8) is 0 Å². The van der Waals surface area contributed by atoms with Crippen molar-refractivity contribution in [1.29, 1.82) is 0 Å². The number of methoxy groups -OCH3 is 1. The molecule has 1 aromatic carbocycles. The number of ether oxygens (including phenoxy) is 1. The van der Waals surface area contributed by atoms with E-state index in [9.17, 15) is 13.6 Å². The molecular weight excluding hydrogens is 468 g/mol. The summed E-state index contributed by atoms with van der Waals surface area (Å²) in [6.07, 6.45) is 3.49. The van der Waals surface area contributed by atoms with Crippen LogP contribution in [0.25, 0.3) is 11.3 Å². The number of benzene rings is 1. The minimum atomic E-state index is -0.836. The van der Waals surface area contributed by atoms with Crippen molar-refractivity contribution in [3.05, 3.63) is 82.5 Å². The smallest absolute Gasteiger partial charge is 0.273 e. The van der Waals surface area contributed by atoms with E-state index < -0.39 is 23.0 Å². The van der Waals surface area contributed by atoms with E-state index in [0.717, 1.165) is 17.7 Å². The molecule has 0 bridgehead atoms. The fourth-order valence-electron chi connectivity index (χ4n) is 3.47. The Morgan fingerprint density at radius 2 is 2.06 bits per heavy atom. The largest absolute Gasteiger partial charge is 0.497 e. The van der Waals surface area contributed by atoms with Gasteiger partial charge in [-0.2, -0.15) is 5.10 Å². The number of pyridine rings is 1. The summed E-state index contributed by atoms with van der Waals surface area (Å²) in [7, 11) is 3.30. The molecule has 176 valence electrons. The van der Waals surface area contributed by atoms with E-state index in [4.69, 9.17) is 20.9 Å². The van der Waals surface area contributed by atoms with Crippen molar-refractivity contribution in [3.8, 4) is 17.1 Å². The Labute approximate surface area is 198 Å². The van der Waals surface area contributed by atoms with Crippen LogP contribution in [0.2, 0.25) is 5.15 Å². The first-order valence-corrected chi connectivity index (χ1v) is 10.5. The average molecular weight is 488 g/mol. The second-order valence-electron chi connectivity index (χ2n) is 7.83. The van der Waals surface area contributed by atoms with Gasteiger partial charge in [-0.25, -0.2) is 13.8 Å². The van der Waals surface area contributed by atoms with Crippen LogP contribution in [0.1, 0.15) is 28.7 Å². The van der Waals surface area contributed by atoms with Gasteiger partial charge in [0, 0.05) is 49.6 Å². The SMILES string of the molecule is COc1cc(Cl)nc([C@](C)(CNC(=O)c2cc(-c3ccc(F)cc3F)on2)c2cnn(C)c2)c1. The molecule has 0 unspecified atom stereocenters. The monoisotopic (exact) mass is 487 g/mol. The van der Waals surface area contributed by atoms with Gasteiger partial charge >= 0.3 is 0 Å². The third kappa shape index (κ3) is 4.62. The number of carbonyl (C=O) groups excluding carboxylic acids is 1. The molecule has 3 heterocycles. The van der Waals surface area contributed by atoms with Crippen LogP contribution in [-0.2, 0) is 12.5 Å². The second kappa shape index (κ2) is 9.22. The molecule has 1 atom stereocenters. The summed E-state index contributed by atoms with van der Waals surface area (Å²) in [5.41, 5.74) is 0.422. The quantitative estimate of drug-likeness (QED) is 0.394. The highest BCUT2D eigenvalue weighted by Gasteiger charge is 2.34. The average Bonchev–Trinajstić information content (AvgIpc) is 3.46. The molecule has 0 radical (unpaired) electrons. The molecule has 0 saturated heterocycles. The number of aromatic nitrogens is 4. The predicted molar refractivity (Wildman–Crippen MR) is 120 cm³/mol. The van der Waals surface area contributed by atoms with E-state index in [1.165, 1.54) is 19.2 Å². The molecule has 0 aliphatic carbocycles. The summed E-state index contributed by atoms with van der Waals surface area (Å²) in [5, 5.41) is 11.0. The number of aryl methyl sites for hydroxylation is 1. The molecular formula is C23H20ClF2N5O3. The first kappa shape index (κ1) is 23.4. The number of rotatable bonds is 7. The fourth-order valence-corrected chi connectivity index (χ4v) is 3.67. The molecule has 1 amide bonds. The van der Waals surface area contributed by atoms with Gasteiger partial charge in [0.25, 0.3) is 5.91 Å². The number of amides is 1. The number of hydrogen-bond acceptors (Lipinski definition) is 6. The van der Waals surface area contributed by atoms with Gasteiger partial charge in [-0.3, -0.25) is 9.48 Å². The Balaban J connectivity index is 1.61. The van der Waals surface area contributed by atoms with Crippen molar-refractivity contribution in [2.45, 2.75) is 12.3 Å². The number of nitrogens with one attached hydrogen (secondary N) is 1. The number of halogens is 3. The van der Waals surface area contributed by atoms with E-state index in [0.29, 0.717) is 11.4 Å². The third-order valence-electron chi connectivity index (χ3n) is 5.45. The number of carbonyl (C=O) groups is 1. The zero-order valence-corrected chi connectivity index (χ0v) is 19.2. The van der Waals surface area contributed by atoms with E-state index in [-0.39, 0.29) is 28.7 Å². The molecule has 11 heteroatoms. The van der Waals surface area contributed by atoms with Gasteiger partial charge in [0.15, 0.2) is 11.5 Å². The van der Waals surface area contributed by atoms with Crippen LogP contribution >= 0.6 is 11.6 Å². The summed E-state index contributed by atoms with van der Waals surface area (Å²) in [6.45, 7) is 1.98. The highest BCUT2D eigenvalue weighted by molar-refractivity contribution is 6.29. The molecule has 0 spiro atoms. The van der Waals surface area contributed by atoms with E-state index >= 15 is 0 Å². The highest BCUT2D eigenvalue weighted by atomic mass is 35.5. The first-order valence-electron chi connectivity index (χ1n) is 10.1. The molecule has 4 aromatic rings. The lowest BCUT2D eigenvalue weighted by Gasteiger charge is -2.28. The normalized spacial score (nSPS) is 12.9. The second-order valence-corrected chi connectivity index (χ2v) is 8.22. The van der Waals surface area contributed by atoms with Crippen LogP contribution in [-0.4, -0.2) is 39.5 Å². The Kier molecular flexibility index (Phi) is 6.34. The molecule has 0 aliphatic rings. The Bertz CT molecular complexity index is 1360. The topological polar surface area (TPSA) is 95.1 Å². The summed E-state index contributed by atoms with van der Waals surface area (Å²) in [4.78, 5) is 17.3. The van der Waals surface area contributed by atoms with Gasteiger partial charge in [-0.1, -0.05) is 16.8 Å². The molecule has 34 heavy (non-hydrogen) atoms. The van der Waals surface area contributed by atoms with Crippen molar-refractivity contribution in [2.75, 3.05) is 13.7 Å². The van der Waals surface area contributed by atoms with Crippen LogP contribution in [0.4, 0.5) is 8.78 Å². The summed E-state index contributed by atoms with van der Waals surface area (Å²) >= 11 is 6.19. The maximum Gasteiger partial charge on any atom is 0.273 e. The van der Waals surface area contributed by atoms with Crippen LogP contribution < -0.4 is 10.1 Å². The number of nitrogens with zero attached hydrogens (tertiary/aromatic N) is 4. The summed E-state index contributed by atoms with van der Waals surface area (Å²) < 4.78 is 39.3. The Morgan fingerprint density at radius 1 is 1.26 bits per heavy atom. The lowest BCUT2D eigenvalue weighted by Crippen LogP contribution is -2.40. The van der Waals surface area contributed by atoms with Crippen molar-refractivity contribution >= 4 is 17.5 Å². The van der Waals surface area contributed by atoms with E-state index in [1.54, 1.807) is 30.1 Å². The van der Waals surface area contributed by atoms with Crippen LogP contribution in [0.5, 0.6) is 5.75 Å². The summed E-state index contributed by atoms with van der Waals surface area (Å²) in [6, 6.07) is 7.63. The van der Waals surface area contributed by atoms with Gasteiger partial charge < -0.3 is 14.6 Å². The van der Waals surface area contributed by atoms with E-state index in [1.807, 2.05) is 13.1 Å². The number of hydrogen-bond donors (Lipinski definition) is 1. The van der Waals surface area contributed by atoms with Gasteiger partial charge in [0.1, 0.15) is 22.5 Å². The maximum absolute atomic E-state index is 14.1. The standard InChI is InChI=1S/C23H20ClF2N5O3/c1-23(13-10-28-31(2)11-13,20-7-15(33-3)8-21(24)29-20)12-27-22(32)18-9-19(34-30-18)16-5-4-14(25)6-17(16)26/h4-11H,12H2,1-3H3,(H,27,32)/t23-/m1/s1. The van der Waals surface area contributed by atoms with Crippen molar-refractivity contribution in [2.24, 2.45) is 7.05 Å². The van der Waals surface area contributed by atoms with Crippen LogP contribution in [0.3, 0.4) is 0 Å². The Hall–Kier alpha value is -3.79. The van der Waals surface area contributed by atoms with Gasteiger partial charge in [0.05, 0.1) is 30.0 Å². The van der Waals surface area contributed by atoms with Crippen molar-refractivity contribution in [1.82, 2.24) is 25.2 Å². The van der Waals surface area contributed by atoms with Crippen LogP contribution in [0.15, 0.2) is 53.3 Å². The van der Waals surface area contributed by atoms with Gasteiger partial charge in [-0.15, -0.1) is 0 Å². The van der Waals surface area contributed by atoms with Crippen molar-refractivity contribution < 1.29 is 22.8 Å². The van der Waals surface area contributed by atoms with Gasteiger partial charge in [-0.05, 0) is 19.1 Å². The zero-order chi connectivity index (χ0) is 24.5. The maximum atomic E-state index is 14.1. The molecule has 0 fully saturated rings. The predicted octanol–water partition coefficient (Wildman–Crippen LogP) is 4.15. The highest BCUT2D eigenvalue weighted by Crippen LogP contribution is 2.33. The van der Waals surface area contributed by atoms with Gasteiger partial charge in [0.2, 0.25) is 0 Å². The zero-order valence-electron chi connectivity index (χ0n) is 18.5. The lowest BCUT2D eigenvalue weighted by molar-refractivity contribution is 0.0938. The molecule has 0 aliphatic heterocycles. The minimum Gasteiger partial charge on any atom is -0.497 e. The minimum absolute atomic E-state index is 0.00100. The third-order valence-corrected chi connectivity index (χ3v) is 5.65. The molecule has 1 N–H and O–H groups in total. The Morgan fingerprint density at radius 3 is 2.74 bits per heavy atom. The molecule has 8 nitrogen and oxygen atoms in total. The van der Waals surface area contributed by atoms with E-state index in [2.05, 4.69) is 20.6 Å². The fraction of sp³-hybridized carbons (Fsp3) is 0.217.